The number of aryl methyl sites for hydroxylation is 1. The summed E-state index contributed by atoms with van der Waals surface area (Å²) in [5.74, 6) is -0.874. The molecule has 0 unspecified atom stereocenters. The van der Waals surface area contributed by atoms with E-state index < -0.39 is 18.5 Å². The number of carbonyl (C=O) groups is 2. The molecule has 3 rings (SSSR count). The van der Waals surface area contributed by atoms with Crippen molar-refractivity contribution >= 4 is 29.3 Å². The van der Waals surface area contributed by atoms with Gasteiger partial charge < -0.3 is 10.1 Å². The highest BCUT2D eigenvalue weighted by molar-refractivity contribution is 6.15. The molecule has 9 nitrogen and oxygen atoms in total. The van der Waals surface area contributed by atoms with Crippen LogP contribution < -0.4 is 5.32 Å². The fourth-order valence-electron chi connectivity index (χ4n) is 2.40. The minimum atomic E-state index is -0.751. The highest BCUT2D eigenvalue weighted by Crippen LogP contribution is 2.14. The van der Waals surface area contributed by atoms with Crippen molar-refractivity contribution in [1.29, 1.82) is 5.26 Å². The Balaban J connectivity index is 1.70. The summed E-state index contributed by atoms with van der Waals surface area (Å²) in [6, 6.07) is 17.4. The van der Waals surface area contributed by atoms with E-state index in [9.17, 15) is 9.59 Å². The van der Waals surface area contributed by atoms with Crippen LogP contribution in [0, 0.1) is 18.3 Å². The fourth-order valence-corrected chi connectivity index (χ4v) is 2.40. The predicted molar refractivity (Wildman–Crippen MR) is 104 cm³/mol. The number of tetrazole rings is 1. The third-order valence-electron chi connectivity index (χ3n) is 3.80. The number of hydrogen-bond donors (Lipinski definition) is 1. The fraction of sp³-hybridized carbons (Fsp3) is 0.100. The Morgan fingerprint density at radius 3 is 2.52 bits per heavy atom. The molecule has 1 amide bonds. The van der Waals surface area contributed by atoms with Crippen LogP contribution in [0.4, 0.5) is 5.69 Å². The maximum atomic E-state index is 12.6. The minimum absolute atomic E-state index is 0.0740. The lowest BCUT2D eigenvalue weighted by atomic mass is 10.2. The monoisotopic (exact) mass is 388 g/mol. The molecule has 29 heavy (non-hydrogen) atoms. The first-order valence-corrected chi connectivity index (χ1v) is 8.56. The van der Waals surface area contributed by atoms with E-state index in [2.05, 4.69) is 20.8 Å². The molecule has 0 aliphatic heterocycles. The summed E-state index contributed by atoms with van der Waals surface area (Å²) in [6.45, 7) is 1.15. The van der Waals surface area contributed by atoms with E-state index >= 15 is 0 Å². The second kappa shape index (κ2) is 9.05. The summed E-state index contributed by atoms with van der Waals surface area (Å²) in [6.07, 6.45) is 1.57. The molecule has 0 saturated carbocycles. The van der Waals surface area contributed by atoms with E-state index in [0.29, 0.717) is 17.1 Å². The molecule has 9 heteroatoms. The summed E-state index contributed by atoms with van der Waals surface area (Å²) in [5, 5.41) is 22.5. The summed E-state index contributed by atoms with van der Waals surface area (Å²) in [7, 11) is 0. The number of rotatable bonds is 6. The van der Waals surface area contributed by atoms with Gasteiger partial charge in [-0.1, -0.05) is 30.3 Å². The van der Waals surface area contributed by atoms with Crippen molar-refractivity contribution in [3.63, 3.8) is 0 Å². The van der Waals surface area contributed by atoms with Crippen molar-refractivity contribution in [1.82, 2.24) is 20.2 Å². The summed E-state index contributed by atoms with van der Waals surface area (Å²) < 4.78 is 6.39. The standard InChI is InChI=1S/C20H16N6O3/c1-14-23-24-25-26(14)18(11-15-5-3-2-4-6-15)20(28)29-13-19(27)22-17-9-7-16(12-21)8-10-17/h2-11H,13H2,1H3,(H,22,27)/b18-11-. The number of amides is 1. The van der Waals surface area contributed by atoms with Crippen LogP contribution in [0.5, 0.6) is 0 Å². The molecule has 3 aromatic rings. The van der Waals surface area contributed by atoms with E-state index in [1.807, 2.05) is 36.4 Å². The SMILES string of the molecule is Cc1nnnn1/C(=C\c1ccccc1)C(=O)OCC(=O)Nc1ccc(C#N)cc1. The second-order valence-electron chi connectivity index (χ2n) is 5.89. The molecule has 1 aromatic heterocycles. The third-order valence-corrected chi connectivity index (χ3v) is 3.80. The number of anilines is 1. The van der Waals surface area contributed by atoms with Crippen LogP contribution in [-0.4, -0.2) is 38.7 Å². The van der Waals surface area contributed by atoms with Crippen LogP contribution in [0.1, 0.15) is 17.0 Å². The third kappa shape index (κ3) is 5.11. The topological polar surface area (TPSA) is 123 Å². The maximum absolute atomic E-state index is 12.6. The van der Waals surface area contributed by atoms with E-state index in [1.165, 1.54) is 4.68 Å². The number of nitrogens with one attached hydrogen (secondary N) is 1. The Morgan fingerprint density at radius 2 is 1.90 bits per heavy atom. The van der Waals surface area contributed by atoms with Crippen molar-refractivity contribution in [2.24, 2.45) is 0 Å². The van der Waals surface area contributed by atoms with Gasteiger partial charge in [0.25, 0.3) is 5.91 Å². The Labute approximate surface area is 166 Å². The van der Waals surface area contributed by atoms with Crippen molar-refractivity contribution in [2.75, 3.05) is 11.9 Å². The van der Waals surface area contributed by atoms with E-state index in [0.717, 1.165) is 5.56 Å². The van der Waals surface area contributed by atoms with E-state index in [4.69, 9.17) is 10.00 Å². The lowest BCUT2D eigenvalue weighted by Crippen LogP contribution is -2.23. The number of hydrogen-bond acceptors (Lipinski definition) is 7. The zero-order valence-corrected chi connectivity index (χ0v) is 15.4. The Kier molecular flexibility index (Phi) is 6.07. The molecule has 0 fully saturated rings. The number of carbonyl (C=O) groups excluding carboxylic acids is 2. The molecular weight excluding hydrogens is 372 g/mol. The van der Waals surface area contributed by atoms with Gasteiger partial charge in [0.2, 0.25) is 0 Å². The van der Waals surface area contributed by atoms with Gasteiger partial charge >= 0.3 is 5.97 Å². The van der Waals surface area contributed by atoms with Gasteiger partial charge in [0, 0.05) is 5.69 Å². The Hall–Kier alpha value is -4.32. The molecule has 0 saturated heterocycles. The highest BCUT2D eigenvalue weighted by atomic mass is 16.5. The number of esters is 1. The van der Waals surface area contributed by atoms with Crippen LogP contribution in [0.2, 0.25) is 0 Å². The van der Waals surface area contributed by atoms with Gasteiger partial charge in [0.1, 0.15) is 0 Å². The lowest BCUT2D eigenvalue weighted by Gasteiger charge is -2.09. The molecule has 0 aliphatic carbocycles. The Morgan fingerprint density at radius 1 is 1.17 bits per heavy atom. The summed E-state index contributed by atoms with van der Waals surface area (Å²) in [5.41, 5.74) is 1.78. The first kappa shape index (κ1) is 19.4. The molecule has 0 atom stereocenters. The normalized spacial score (nSPS) is 10.8. The van der Waals surface area contributed by atoms with Gasteiger partial charge in [-0.2, -0.15) is 9.94 Å². The quantitative estimate of drug-likeness (QED) is 0.506. The molecule has 144 valence electrons. The van der Waals surface area contributed by atoms with Gasteiger partial charge in [0.15, 0.2) is 18.1 Å². The summed E-state index contributed by atoms with van der Waals surface area (Å²) >= 11 is 0. The predicted octanol–water partition coefficient (Wildman–Crippen LogP) is 2.03. The molecule has 0 radical (unpaired) electrons. The average molecular weight is 388 g/mol. The number of benzene rings is 2. The smallest absolute Gasteiger partial charge is 0.357 e. The first-order chi connectivity index (χ1) is 14.1. The van der Waals surface area contributed by atoms with Gasteiger partial charge in [0.05, 0.1) is 11.6 Å². The minimum Gasteiger partial charge on any atom is -0.451 e. The highest BCUT2D eigenvalue weighted by Gasteiger charge is 2.19. The second-order valence-corrected chi connectivity index (χ2v) is 5.89. The van der Waals surface area contributed by atoms with Gasteiger partial charge in [-0.25, -0.2) is 4.79 Å². The van der Waals surface area contributed by atoms with Crippen LogP contribution in [-0.2, 0) is 14.3 Å². The lowest BCUT2D eigenvalue weighted by molar-refractivity contribution is -0.141. The van der Waals surface area contributed by atoms with Crippen LogP contribution in [0.3, 0.4) is 0 Å². The number of ether oxygens (including phenoxy) is 1. The van der Waals surface area contributed by atoms with Gasteiger partial charge in [-0.05, 0) is 53.3 Å². The zero-order valence-electron chi connectivity index (χ0n) is 15.4. The molecule has 1 heterocycles. The molecule has 0 aliphatic rings. The van der Waals surface area contributed by atoms with Crippen LogP contribution >= 0.6 is 0 Å². The number of nitriles is 1. The molecule has 0 spiro atoms. The number of nitrogens with zero attached hydrogens (tertiary/aromatic N) is 5. The first-order valence-electron chi connectivity index (χ1n) is 8.56. The van der Waals surface area contributed by atoms with Crippen molar-refractivity contribution in [3.8, 4) is 6.07 Å². The maximum Gasteiger partial charge on any atom is 0.357 e. The van der Waals surface area contributed by atoms with Crippen molar-refractivity contribution < 1.29 is 14.3 Å². The molecule has 1 N–H and O–H groups in total. The van der Waals surface area contributed by atoms with Gasteiger partial charge in [-0.3, -0.25) is 4.79 Å². The molecule has 2 aromatic carbocycles. The summed E-state index contributed by atoms with van der Waals surface area (Å²) in [4.78, 5) is 24.7. The Bertz CT molecular complexity index is 1080. The van der Waals surface area contributed by atoms with Gasteiger partial charge in [-0.15, -0.1) is 5.10 Å². The largest absolute Gasteiger partial charge is 0.451 e. The molecule has 0 bridgehead atoms. The van der Waals surface area contributed by atoms with Crippen molar-refractivity contribution in [3.05, 3.63) is 71.5 Å². The molecular formula is C20H16N6O3. The van der Waals surface area contributed by atoms with E-state index in [1.54, 1.807) is 37.3 Å². The zero-order chi connectivity index (χ0) is 20.6. The van der Waals surface area contributed by atoms with Crippen molar-refractivity contribution in [2.45, 2.75) is 6.92 Å². The van der Waals surface area contributed by atoms with E-state index in [-0.39, 0.29) is 5.70 Å². The van der Waals surface area contributed by atoms with Crippen LogP contribution in [0.15, 0.2) is 54.6 Å². The van der Waals surface area contributed by atoms with Crippen LogP contribution in [0.25, 0.3) is 11.8 Å². The average Bonchev–Trinajstić information content (AvgIpc) is 3.17. The number of aromatic nitrogens is 4.